The predicted molar refractivity (Wildman–Crippen MR) is 96.7 cm³/mol. The van der Waals surface area contributed by atoms with Gasteiger partial charge in [0.25, 0.3) is 0 Å². The molecule has 1 saturated carbocycles. The van der Waals surface area contributed by atoms with Gasteiger partial charge >= 0.3 is 12.1 Å². The quantitative estimate of drug-likeness (QED) is 0.517. The molecule has 3 rings (SSSR count). The molecule has 0 aliphatic heterocycles. The Balaban J connectivity index is 1.73. The highest BCUT2D eigenvalue weighted by Gasteiger charge is 2.48. The van der Waals surface area contributed by atoms with Crippen LogP contribution in [-0.4, -0.2) is 16.6 Å². The number of hydrogen-bond acceptors (Lipinski definition) is 4. The van der Waals surface area contributed by atoms with Gasteiger partial charge in [-0.2, -0.15) is 13.2 Å². The van der Waals surface area contributed by atoms with Gasteiger partial charge in [0.15, 0.2) is 5.89 Å². The number of ether oxygens (including phenoxy) is 1. The molecular weight excluding hydrogens is 371 g/mol. The van der Waals surface area contributed by atoms with Crippen LogP contribution in [0.25, 0.3) is 0 Å². The van der Waals surface area contributed by atoms with Gasteiger partial charge in [-0.15, -0.1) is 0 Å². The number of benzene rings is 1. The van der Waals surface area contributed by atoms with Gasteiger partial charge in [-0.3, -0.25) is 0 Å². The van der Waals surface area contributed by atoms with Gasteiger partial charge in [0.05, 0.1) is 17.7 Å². The van der Waals surface area contributed by atoms with Gasteiger partial charge in [-0.1, -0.05) is 18.7 Å². The summed E-state index contributed by atoms with van der Waals surface area (Å²) < 4.78 is 49.1. The maximum absolute atomic E-state index is 12.8. The maximum atomic E-state index is 12.8. The Morgan fingerprint density at radius 3 is 2.32 bits per heavy atom. The highest BCUT2D eigenvalue weighted by molar-refractivity contribution is 5.88. The molecule has 2 aromatic rings. The molecule has 150 valence electrons. The first-order valence-corrected chi connectivity index (χ1v) is 8.94. The highest BCUT2D eigenvalue weighted by atomic mass is 19.4. The third kappa shape index (κ3) is 4.29. The van der Waals surface area contributed by atoms with Crippen LogP contribution in [0.2, 0.25) is 0 Å². The molecular formula is C21H22F3NO3. The van der Waals surface area contributed by atoms with Crippen molar-refractivity contribution >= 4 is 5.97 Å². The van der Waals surface area contributed by atoms with E-state index in [0.29, 0.717) is 11.6 Å². The topological polar surface area (TPSA) is 52.3 Å². The van der Waals surface area contributed by atoms with E-state index in [0.717, 1.165) is 30.5 Å². The van der Waals surface area contributed by atoms with E-state index in [9.17, 15) is 18.0 Å². The Morgan fingerprint density at radius 2 is 1.82 bits per heavy atom. The minimum Gasteiger partial charge on any atom is -0.457 e. The van der Waals surface area contributed by atoms with Crippen molar-refractivity contribution in [3.05, 3.63) is 65.4 Å². The molecule has 0 saturated heterocycles. The van der Waals surface area contributed by atoms with E-state index in [1.165, 1.54) is 18.4 Å². The minimum absolute atomic E-state index is 0.109. The lowest BCUT2D eigenvalue weighted by molar-refractivity contribution is -0.150. The largest absolute Gasteiger partial charge is 0.457 e. The average Bonchev–Trinajstić information content (AvgIpc) is 3.26. The maximum Gasteiger partial charge on any atom is 0.416 e. The van der Waals surface area contributed by atoms with Gasteiger partial charge in [0.2, 0.25) is 0 Å². The monoisotopic (exact) mass is 393 g/mol. The molecule has 0 radical (unpaired) electrons. The van der Waals surface area contributed by atoms with E-state index < -0.39 is 28.7 Å². The SMILES string of the molecule is C=C(Cc1nc(C2(c3ccc(C(F)(F)F)cc3)CC2)co1)C(=O)OC(C)(C)C. The van der Waals surface area contributed by atoms with Crippen LogP contribution >= 0.6 is 0 Å². The van der Waals surface area contributed by atoms with Gasteiger partial charge in [-0.25, -0.2) is 9.78 Å². The fourth-order valence-electron chi connectivity index (χ4n) is 3.01. The molecule has 1 heterocycles. The number of aromatic nitrogens is 1. The molecule has 0 amide bonds. The van der Waals surface area contributed by atoms with Crippen LogP contribution in [0, 0.1) is 0 Å². The van der Waals surface area contributed by atoms with Crippen molar-refractivity contribution in [2.24, 2.45) is 0 Å². The summed E-state index contributed by atoms with van der Waals surface area (Å²) in [5.41, 5.74) is -0.0866. The molecule has 1 fully saturated rings. The second kappa shape index (κ2) is 6.79. The van der Waals surface area contributed by atoms with E-state index in [2.05, 4.69) is 11.6 Å². The molecule has 0 N–H and O–H groups in total. The Morgan fingerprint density at radius 1 is 1.21 bits per heavy atom. The Kier molecular flexibility index (Phi) is 4.89. The van der Waals surface area contributed by atoms with Crippen LogP contribution in [-0.2, 0) is 27.5 Å². The number of carbonyl (C=O) groups excluding carboxylic acids is 1. The molecule has 1 aromatic heterocycles. The smallest absolute Gasteiger partial charge is 0.416 e. The van der Waals surface area contributed by atoms with Gasteiger partial charge in [0.1, 0.15) is 11.9 Å². The van der Waals surface area contributed by atoms with E-state index >= 15 is 0 Å². The van der Waals surface area contributed by atoms with E-state index in [4.69, 9.17) is 9.15 Å². The van der Waals surface area contributed by atoms with Crippen molar-refractivity contribution in [2.45, 2.75) is 57.2 Å². The summed E-state index contributed by atoms with van der Waals surface area (Å²) in [5.74, 6) is -0.194. The van der Waals surface area contributed by atoms with Crippen LogP contribution in [0.3, 0.4) is 0 Å². The Labute approximate surface area is 161 Å². The molecule has 0 atom stereocenters. The van der Waals surface area contributed by atoms with Crippen molar-refractivity contribution < 1.29 is 27.1 Å². The zero-order valence-electron chi connectivity index (χ0n) is 16.0. The number of esters is 1. The van der Waals surface area contributed by atoms with Crippen molar-refractivity contribution in [2.75, 3.05) is 0 Å². The second-order valence-electron chi connectivity index (χ2n) is 8.07. The Hall–Kier alpha value is -2.57. The summed E-state index contributed by atoms with van der Waals surface area (Å²) in [5, 5.41) is 0. The molecule has 0 bridgehead atoms. The zero-order chi connectivity index (χ0) is 20.7. The summed E-state index contributed by atoms with van der Waals surface area (Å²) in [4.78, 5) is 16.5. The molecule has 1 aliphatic rings. The highest BCUT2D eigenvalue weighted by Crippen LogP contribution is 2.53. The third-order valence-electron chi connectivity index (χ3n) is 4.61. The lowest BCUT2D eigenvalue weighted by atomic mass is 9.92. The number of oxazole rings is 1. The van der Waals surface area contributed by atoms with E-state index in [1.54, 1.807) is 20.8 Å². The standard InChI is InChI=1S/C21H22F3NO3/c1-13(18(26)28-19(2,3)4)11-17-25-16(12-27-17)20(9-10-20)14-5-7-15(8-6-14)21(22,23)24/h5-8,12H,1,9-11H2,2-4H3. The fraction of sp³-hybridized carbons (Fsp3) is 0.429. The summed E-state index contributed by atoms with van der Waals surface area (Å²) >= 11 is 0. The summed E-state index contributed by atoms with van der Waals surface area (Å²) in [6.45, 7) is 9.03. The van der Waals surface area contributed by atoms with E-state index in [-0.39, 0.29) is 12.0 Å². The van der Waals surface area contributed by atoms with Gasteiger partial charge in [-0.05, 0) is 51.3 Å². The van der Waals surface area contributed by atoms with Crippen LogP contribution in [0.5, 0.6) is 0 Å². The number of alkyl halides is 3. The fourth-order valence-corrected chi connectivity index (χ4v) is 3.01. The van der Waals surface area contributed by atoms with Crippen molar-refractivity contribution in [1.29, 1.82) is 0 Å². The first-order chi connectivity index (χ1) is 12.9. The van der Waals surface area contributed by atoms with Crippen molar-refractivity contribution in [3.8, 4) is 0 Å². The van der Waals surface area contributed by atoms with Crippen LogP contribution in [0.1, 0.15) is 56.3 Å². The minimum atomic E-state index is -4.36. The molecule has 28 heavy (non-hydrogen) atoms. The summed E-state index contributed by atoms with van der Waals surface area (Å²) in [6.07, 6.45) is -1.20. The summed E-state index contributed by atoms with van der Waals surface area (Å²) in [7, 11) is 0. The van der Waals surface area contributed by atoms with Crippen LogP contribution in [0.4, 0.5) is 13.2 Å². The molecule has 0 unspecified atom stereocenters. The molecule has 4 nitrogen and oxygen atoms in total. The lowest BCUT2D eigenvalue weighted by Gasteiger charge is -2.19. The second-order valence-corrected chi connectivity index (χ2v) is 8.07. The number of carbonyl (C=O) groups is 1. The molecule has 0 spiro atoms. The van der Waals surface area contributed by atoms with Crippen molar-refractivity contribution in [3.63, 3.8) is 0 Å². The zero-order valence-corrected chi connectivity index (χ0v) is 16.0. The molecule has 1 aromatic carbocycles. The molecule has 7 heteroatoms. The first-order valence-electron chi connectivity index (χ1n) is 8.94. The van der Waals surface area contributed by atoms with Crippen LogP contribution < -0.4 is 0 Å². The Bertz CT molecular complexity index is 885. The summed E-state index contributed by atoms with van der Waals surface area (Å²) in [6, 6.07) is 5.15. The van der Waals surface area contributed by atoms with Gasteiger partial charge in [0, 0.05) is 11.0 Å². The normalized spacial score (nSPS) is 15.9. The average molecular weight is 393 g/mol. The van der Waals surface area contributed by atoms with Gasteiger partial charge < -0.3 is 9.15 Å². The third-order valence-corrected chi connectivity index (χ3v) is 4.61. The number of halogens is 3. The van der Waals surface area contributed by atoms with E-state index in [1.807, 2.05) is 0 Å². The first kappa shape index (κ1) is 20.2. The number of hydrogen-bond donors (Lipinski definition) is 0. The van der Waals surface area contributed by atoms with Crippen molar-refractivity contribution in [1.82, 2.24) is 4.98 Å². The predicted octanol–water partition coefficient (Wildman–Crippen LogP) is 5.21. The van der Waals surface area contributed by atoms with Crippen LogP contribution in [0.15, 0.2) is 47.1 Å². The lowest BCUT2D eigenvalue weighted by Crippen LogP contribution is -2.25. The number of nitrogens with zero attached hydrogens (tertiary/aromatic N) is 1. The molecule has 1 aliphatic carbocycles. The number of rotatable bonds is 5.